The minimum atomic E-state index is -5.59. The van der Waals surface area contributed by atoms with E-state index in [0.29, 0.717) is 18.8 Å². The van der Waals surface area contributed by atoms with Crippen molar-refractivity contribution in [3.8, 4) is 11.5 Å². The maximum Gasteiger partial charge on any atom is 0.453 e. The van der Waals surface area contributed by atoms with Gasteiger partial charge in [0.1, 0.15) is 11.5 Å². The largest absolute Gasteiger partial charge is 0.497 e. The molecule has 0 spiro atoms. The van der Waals surface area contributed by atoms with Crippen LogP contribution in [0.1, 0.15) is 94.6 Å². The van der Waals surface area contributed by atoms with Crippen molar-refractivity contribution in [3.63, 3.8) is 0 Å². The lowest BCUT2D eigenvalue weighted by Gasteiger charge is -2.43. The molecule has 44 heavy (non-hydrogen) atoms. The zero-order valence-corrected chi connectivity index (χ0v) is 26.8. The van der Waals surface area contributed by atoms with Gasteiger partial charge < -0.3 is 19.7 Å². The van der Waals surface area contributed by atoms with Gasteiger partial charge >= 0.3 is 12.1 Å². The van der Waals surface area contributed by atoms with Crippen LogP contribution >= 0.6 is 11.8 Å². The highest BCUT2D eigenvalue weighted by Gasteiger charge is 2.56. The van der Waals surface area contributed by atoms with Crippen molar-refractivity contribution in [2.24, 2.45) is 5.41 Å². The molecule has 2 aromatic rings. The normalized spacial score (nSPS) is 19.1. The average molecular weight is 647 g/mol. The molecule has 0 radical (unpaired) electrons. The van der Waals surface area contributed by atoms with E-state index in [1.165, 1.54) is 16.0 Å². The number of alkyl halides is 5. The van der Waals surface area contributed by atoms with Gasteiger partial charge in [-0.25, -0.2) is 0 Å². The molecule has 2 aromatic carbocycles. The summed E-state index contributed by atoms with van der Waals surface area (Å²) < 4.78 is 74.9. The highest BCUT2D eigenvalue weighted by molar-refractivity contribution is 7.99. The summed E-state index contributed by atoms with van der Waals surface area (Å²) in [5.74, 6) is -1.79. The third-order valence-electron chi connectivity index (χ3n) is 9.38. The van der Waals surface area contributed by atoms with Crippen LogP contribution in [0.25, 0.3) is 0 Å². The number of hydrogen-bond donors (Lipinski definition) is 2. The molecule has 3 rings (SSSR count). The number of ether oxygens (including phenoxy) is 2. The summed E-state index contributed by atoms with van der Waals surface area (Å²) >= 11 is 1.87. The lowest BCUT2D eigenvalue weighted by Crippen LogP contribution is -2.37. The molecule has 10 heteroatoms. The van der Waals surface area contributed by atoms with Crippen LogP contribution < -0.4 is 9.47 Å². The quantitative estimate of drug-likeness (QED) is 0.125. The number of hydrogen-bond acceptors (Lipinski definition) is 5. The second-order valence-electron chi connectivity index (χ2n) is 12.4. The Bertz CT molecular complexity index is 1150. The van der Waals surface area contributed by atoms with Gasteiger partial charge in [-0.2, -0.15) is 22.0 Å². The first-order valence-corrected chi connectivity index (χ1v) is 16.4. The van der Waals surface area contributed by atoms with E-state index in [4.69, 9.17) is 9.47 Å². The van der Waals surface area contributed by atoms with Gasteiger partial charge in [-0.3, -0.25) is 0 Å². The number of fused-ring (bicyclic) bond motifs is 1. The third-order valence-corrected chi connectivity index (χ3v) is 10.8. The maximum atomic E-state index is 13.3. The summed E-state index contributed by atoms with van der Waals surface area (Å²) in [6.45, 7) is 1.46. The molecule has 0 fully saturated rings. The number of unbranched alkanes of at least 4 members (excludes halogenated alkanes) is 5. The van der Waals surface area contributed by atoms with Crippen LogP contribution in [0, 0.1) is 5.41 Å². The predicted octanol–water partition coefficient (Wildman–Crippen LogP) is 9.31. The molecule has 0 amide bonds. The van der Waals surface area contributed by atoms with Crippen molar-refractivity contribution in [2.75, 3.05) is 33.2 Å². The van der Waals surface area contributed by atoms with Gasteiger partial charge in [0.15, 0.2) is 0 Å². The van der Waals surface area contributed by atoms with E-state index >= 15 is 0 Å². The summed E-state index contributed by atoms with van der Waals surface area (Å²) in [6, 6.07) is 14.7. The first kappa shape index (κ1) is 36.4. The Morgan fingerprint density at radius 1 is 0.773 bits per heavy atom. The van der Waals surface area contributed by atoms with Gasteiger partial charge in [0.2, 0.25) is 0 Å². The Labute approximate surface area is 262 Å². The fourth-order valence-electron chi connectivity index (χ4n) is 6.33. The van der Waals surface area contributed by atoms with Crippen LogP contribution in [-0.4, -0.2) is 55.5 Å². The number of methoxy groups -OCH3 is 2. The Morgan fingerprint density at radius 2 is 1.34 bits per heavy atom. The summed E-state index contributed by atoms with van der Waals surface area (Å²) in [5.41, 5.74) is 1.54. The molecule has 0 saturated carbocycles. The van der Waals surface area contributed by atoms with E-state index in [-0.39, 0.29) is 11.8 Å². The molecule has 0 aliphatic carbocycles. The van der Waals surface area contributed by atoms with E-state index in [9.17, 15) is 32.2 Å². The number of benzene rings is 2. The number of thioether (sulfide) groups is 1. The van der Waals surface area contributed by atoms with Gasteiger partial charge in [-0.1, -0.05) is 63.6 Å². The molecule has 4 nitrogen and oxygen atoms in total. The van der Waals surface area contributed by atoms with Crippen LogP contribution in [0.3, 0.4) is 0 Å². The molecule has 0 saturated heterocycles. The highest BCUT2D eigenvalue weighted by atomic mass is 32.2. The van der Waals surface area contributed by atoms with E-state index in [1.54, 1.807) is 14.2 Å². The van der Waals surface area contributed by atoms with Crippen molar-refractivity contribution in [2.45, 2.75) is 106 Å². The summed E-state index contributed by atoms with van der Waals surface area (Å²) in [4.78, 5) is 1.26. The van der Waals surface area contributed by atoms with E-state index < -0.39 is 43.6 Å². The Kier molecular flexibility index (Phi) is 13.2. The third kappa shape index (κ3) is 9.03. The highest BCUT2D eigenvalue weighted by Crippen LogP contribution is 2.52. The van der Waals surface area contributed by atoms with Gasteiger partial charge in [-0.05, 0) is 67.0 Å². The fourth-order valence-corrected chi connectivity index (χ4v) is 7.73. The zero-order valence-electron chi connectivity index (χ0n) is 26.0. The molecule has 0 aromatic heterocycles. The molecule has 2 N–H and O–H groups in total. The Balaban J connectivity index is 1.51. The van der Waals surface area contributed by atoms with Gasteiger partial charge in [0, 0.05) is 27.9 Å². The van der Waals surface area contributed by atoms with Crippen LogP contribution in [0.5, 0.6) is 11.5 Å². The Morgan fingerprint density at radius 3 is 1.93 bits per heavy atom. The van der Waals surface area contributed by atoms with Crippen LogP contribution in [0.15, 0.2) is 47.4 Å². The van der Waals surface area contributed by atoms with Crippen LogP contribution in [0.4, 0.5) is 22.0 Å². The smallest absolute Gasteiger partial charge is 0.453 e. The topological polar surface area (TPSA) is 58.9 Å². The van der Waals surface area contributed by atoms with E-state index in [1.807, 2.05) is 30.0 Å². The standard InChI is InChI=1S/C34H47F5O4S/c1-31(25-12-14-26(42-2)15-13-25)24-44-30-21-27(43-3)16-17-28(30)29(31)11-8-6-4-5-7-9-18-32(22-40,23-41)19-10-20-33(35,36)34(37,38)39/h12-17,21,29,40-41H,4-11,18-20,22-24H2,1-3H3. The number of aliphatic hydroxyl groups excluding tert-OH is 2. The van der Waals surface area contributed by atoms with Crippen molar-refractivity contribution >= 4 is 11.8 Å². The van der Waals surface area contributed by atoms with Crippen molar-refractivity contribution in [1.29, 1.82) is 0 Å². The van der Waals surface area contributed by atoms with Gasteiger partial charge in [0.25, 0.3) is 0 Å². The number of rotatable bonds is 18. The van der Waals surface area contributed by atoms with Crippen molar-refractivity contribution in [3.05, 3.63) is 53.6 Å². The molecule has 1 heterocycles. The number of halogens is 5. The molecular weight excluding hydrogens is 599 g/mol. The minimum Gasteiger partial charge on any atom is -0.497 e. The van der Waals surface area contributed by atoms with Crippen LogP contribution in [0.2, 0.25) is 0 Å². The second kappa shape index (κ2) is 16.0. The number of aliphatic hydroxyl groups is 2. The fraction of sp³-hybridized carbons (Fsp3) is 0.647. The van der Waals surface area contributed by atoms with Crippen molar-refractivity contribution in [1.82, 2.24) is 0 Å². The second-order valence-corrected chi connectivity index (χ2v) is 13.4. The Hall–Kier alpha value is -2.04. The molecule has 1 aliphatic heterocycles. The molecule has 0 bridgehead atoms. The maximum absolute atomic E-state index is 13.3. The first-order valence-electron chi connectivity index (χ1n) is 15.5. The lowest BCUT2D eigenvalue weighted by molar-refractivity contribution is -0.285. The monoisotopic (exact) mass is 646 g/mol. The zero-order chi connectivity index (χ0) is 32.4. The summed E-state index contributed by atoms with van der Waals surface area (Å²) in [7, 11) is 3.35. The van der Waals surface area contributed by atoms with Gasteiger partial charge in [-0.15, -0.1) is 11.8 Å². The minimum absolute atomic E-state index is 0.0551. The molecule has 1 aliphatic rings. The molecule has 2 unspecified atom stereocenters. The van der Waals surface area contributed by atoms with Crippen LogP contribution in [-0.2, 0) is 5.41 Å². The average Bonchev–Trinajstić information content (AvgIpc) is 3.01. The predicted molar refractivity (Wildman–Crippen MR) is 165 cm³/mol. The van der Waals surface area contributed by atoms with Crippen molar-refractivity contribution < 1.29 is 41.6 Å². The molecular formula is C34H47F5O4S. The van der Waals surface area contributed by atoms with E-state index in [0.717, 1.165) is 55.8 Å². The lowest BCUT2D eigenvalue weighted by atomic mass is 9.68. The molecule has 2 atom stereocenters. The summed E-state index contributed by atoms with van der Waals surface area (Å²) in [6.07, 6.45) is -0.437. The first-order chi connectivity index (χ1) is 20.8. The van der Waals surface area contributed by atoms with E-state index in [2.05, 4.69) is 31.2 Å². The summed E-state index contributed by atoms with van der Waals surface area (Å²) in [5, 5.41) is 19.7. The molecule has 248 valence electrons. The SMILES string of the molecule is COc1ccc(C2(C)CSc3cc(OC)ccc3C2CCCCCCCCC(CO)(CO)CCCC(F)(F)C(F)(F)F)cc1. The van der Waals surface area contributed by atoms with Gasteiger partial charge in [0.05, 0.1) is 27.4 Å².